The second-order valence-electron chi connectivity index (χ2n) is 6.56. The maximum atomic E-state index is 13.6. The molecule has 1 heterocycles. The molecule has 0 atom stereocenters. The van der Waals surface area contributed by atoms with Gasteiger partial charge in [0, 0.05) is 29.9 Å². The number of amides is 1. The van der Waals surface area contributed by atoms with Gasteiger partial charge < -0.3 is 15.1 Å². The summed E-state index contributed by atoms with van der Waals surface area (Å²) in [6.07, 6.45) is 0. The second-order valence-corrected chi connectivity index (χ2v) is 6.56. The monoisotopic (exact) mass is 373 g/mol. The van der Waals surface area contributed by atoms with Crippen LogP contribution in [0.1, 0.15) is 5.56 Å². The average molecular weight is 373 g/mol. The van der Waals surface area contributed by atoms with Crippen molar-refractivity contribution in [1.82, 2.24) is 5.32 Å². The fourth-order valence-electron chi connectivity index (χ4n) is 3.17. The molecule has 0 radical (unpaired) electrons. The summed E-state index contributed by atoms with van der Waals surface area (Å²) < 4.78 is 13.6. The van der Waals surface area contributed by atoms with E-state index in [0.717, 1.165) is 31.9 Å². The highest BCUT2D eigenvalue weighted by Crippen LogP contribution is 2.19. The molecule has 1 aliphatic heterocycles. The molecular weight excluding hydrogens is 351 g/mol. The molecule has 0 aliphatic carbocycles. The molecule has 27 heavy (non-hydrogen) atoms. The standard InChI is InChI=1S/C19H21FN4O3/c20-18-4-2-1-3-15(18)13-21-19(25)14-22-9-11-23(12-10-22)16-5-7-17(8-6-16)24(26)27/h1-8H,9-14H2,(H,21,25)/p+1. The minimum absolute atomic E-state index is 0.0783. The number of rotatable bonds is 6. The molecule has 7 nitrogen and oxygen atoms in total. The molecule has 1 saturated heterocycles. The summed E-state index contributed by atoms with van der Waals surface area (Å²) in [6, 6.07) is 12.9. The first-order valence-electron chi connectivity index (χ1n) is 8.86. The minimum atomic E-state index is -0.411. The number of nitro benzene ring substituents is 1. The molecule has 8 heteroatoms. The first-order valence-corrected chi connectivity index (χ1v) is 8.86. The quantitative estimate of drug-likeness (QED) is 0.579. The predicted octanol–water partition coefficient (Wildman–Crippen LogP) is 0.755. The van der Waals surface area contributed by atoms with Gasteiger partial charge in [0.05, 0.1) is 31.1 Å². The van der Waals surface area contributed by atoms with Gasteiger partial charge in [-0.3, -0.25) is 14.9 Å². The van der Waals surface area contributed by atoms with Crippen LogP contribution < -0.4 is 15.1 Å². The van der Waals surface area contributed by atoms with Gasteiger partial charge in [-0.2, -0.15) is 0 Å². The van der Waals surface area contributed by atoms with Gasteiger partial charge in [-0.1, -0.05) is 18.2 Å². The third-order valence-corrected chi connectivity index (χ3v) is 4.74. The molecule has 0 spiro atoms. The number of quaternary nitrogens is 1. The lowest BCUT2D eigenvalue weighted by molar-refractivity contribution is -0.892. The zero-order valence-electron chi connectivity index (χ0n) is 14.9. The van der Waals surface area contributed by atoms with E-state index >= 15 is 0 Å². The molecule has 1 fully saturated rings. The van der Waals surface area contributed by atoms with Crippen LogP contribution in [0, 0.1) is 15.9 Å². The summed E-state index contributed by atoms with van der Waals surface area (Å²) >= 11 is 0. The number of benzene rings is 2. The van der Waals surface area contributed by atoms with Gasteiger partial charge in [-0.05, 0) is 18.2 Å². The van der Waals surface area contributed by atoms with Gasteiger partial charge >= 0.3 is 0 Å². The number of nitrogens with zero attached hydrogens (tertiary/aromatic N) is 2. The number of non-ortho nitro benzene ring substituents is 1. The highest BCUT2D eigenvalue weighted by atomic mass is 19.1. The SMILES string of the molecule is O=C(C[NH+]1CCN(c2ccc([N+](=O)[O-])cc2)CC1)NCc1ccccc1F. The van der Waals surface area contributed by atoms with Crippen molar-refractivity contribution in [2.24, 2.45) is 0 Å². The van der Waals surface area contributed by atoms with E-state index in [1.54, 1.807) is 30.3 Å². The average Bonchev–Trinajstić information content (AvgIpc) is 2.68. The molecule has 0 saturated carbocycles. The largest absolute Gasteiger partial charge is 0.360 e. The Labute approximate surface area is 156 Å². The summed E-state index contributed by atoms with van der Waals surface area (Å²) in [6.45, 7) is 3.67. The Morgan fingerprint density at radius 1 is 1.15 bits per heavy atom. The molecule has 2 aromatic carbocycles. The number of hydrogen-bond acceptors (Lipinski definition) is 4. The molecule has 142 valence electrons. The lowest BCUT2D eigenvalue weighted by Crippen LogP contribution is -3.15. The van der Waals surface area contributed by atoms with Crippen LogP contribution in [-0.4, -0.2) is 43.6 Å². The number of nitrogens with one attached hydrogen (secondary N) is 2. The molecular formula is C19H22FN4O3+. The molecule has 1 amide bonds. The van der Waals surface area contributed by atoms with Crippen LogP contribution in [0.4, 0.5) is 15.8 Å². The fraction of sp³-hybridized carbons (Fsp3) is 0.316. The van der Waals surface area contributed by atoms with Crippen LogP contribution in [0.3, 0.4) is 0 Å². The van der Waals surface area contributed by atoms with Crippen molar-refractivity contribution in [3.8, 4) is 0 Å². The summed E-state index contributed by atoms with van der Waals surface area (Å²) in [4.78, 5) is 25.8. The van der Waals surface area contributed by atoms with Crippen LogP contribution in [0.5, 0.6) is 0 Å². The van der Waals surface area contributed by atoms with E-state index in [1.165, 1.54) is 23.1 Å². The zero-order chi connectivity index (χ0) is 19.2. The van der Waals surface area contributed by atoms with Crippen molar-refractivity contribution in [2.45, 2.75) is 6.54 Å². The molecule has 0 bridgehead atoms. The minimum Gasteiger partial charge on any atom is -0.360 e. The lowest BCUT2D eigenvalue weighted by atomic mass is 10.2. The van der Waals surface area contributed by atoms with Crippen molar-refractivity contribution in [3.63, 3.8) is 0 Å². The van der Waals surface area contributed by atoms with Crippen LogP contribution in [0.2, 0.25) is 0 Å². The zero-order valence-corrected chi connectivity index (χ0v) is 14.9. The van der Waals surface area contributed by atoms with Gasteiger partial charge in [0.1, 0.15) is 5.82 Å². The van der Waals surface area contributed by atoms with E-state index in [4.69, 9.17) is 0 Å². The molecule has 2 N–H and O–H groups in total. The normalized spacial score (nSPS) is 14.8. The van der Waals surface area contributed by atoms with Crippen molar-refractivity contribution < 1.29 is 19.0 Å². The summed E-state index contributed by atoms with van der Waals surface area (Å²) in [5.41, 5.74) is 1.50. The van der Waals surface area contributed by atoms with Crippen LogP contribution in [-0.2, 0) is 11.3 Å². The Balaban J connectivity index is 1.44. The topological polar surface area (TPSA) is 79.9 Å². The molecule has 2 aromatic rings. The van der Waals surface area contributed by atoms with E-state index < -0.39 is 4.92 Å². The maximum absolute atomic E-state index is 13.6. The highest BCUT2D eigenvalue weighted by molar-refractivity contribution is 5.76. The van der Waals surface area contributed by atoms with Gasteiger partial charge in [-0.25, -0.2) is 4.39 Å². The number of hydrogen-bond donors (Lipinski definition) is 2. The number of anilines is 1. The smallest absolute Gasteiger partial charge is 0.275 e. The Kier molecular flexibility index (Phi) is 5.97. The Hall–Kier alpha value is -3.00. The van der Waals surface area contributed by atoms with Gasteiger partial charge in [0.2, 0.25) is 0 Å². The first kappa shape index (κ1) is 18.8. The lowest BCUT2D eigenvalue weighted by Gasteiger charge is -2.33. The van der Waals surface area contributed by atoms with Crippen molar-refractivity contribution in [3.05, 3.63) is 70.0 Å². The molecule has 0 aromatic heterocycles. The summed E-state index contributed by atoms with van der Waals surface area (Å²) in [5, 5.41) is 13.5. The second kappa shape index (κ2) is 8.59. The van der Waals surface area contributed by atoms with Crippen molar-refractivity contribution in [1.29, 1.82) is 0 Å². The number of carbonyl (C=O) groups is 1. The molecule has 1 aliphatic rings. The molecule has 3 rings (SSSR count). The van der Waals surface area contributed by atoms with Crippen molar-refractivity contribution in [2.75, 3.05) is 37.6 Å². The number of halogens is 1. The Bertz CT molecular complexity index is 805. The number of nitro groups is 1. The Morgan fingerprint density at radius 3 is 2.44 bits per heavy atom. The van der Waals surface area contributed by atoms with Crippen LogP contribution in [0.15, 0.2) is 48.5 Å². The third kappa shape index (κ3) is 5.01. The summed E-state index contributed by atoms with van der Waals surface area (Å²) in [5.74, 6) is -0.418. The van der Waals surface area contributed by atoms with Gasteiger partial charge in [0.15, 0.2) is 6.54 Å². The Morgan fingerprint density at radius 2 is 1.81 bits per heavy atom. The predicted molar refractivity (Wildman–Crippen MR) is 99.1 cm³/mol. The van der Waals surface area contributed by atoms with E-state index in [1.807, 2.05) is 0 Å². The van der Waals surface area contributed by atoms with Crippen LogP contribution >= 0.6 is 0 Å². The first-order chi connectivity index (χ1) is 13.0. The van der Waals surface area contributed by atoms with Gasteiger partial charge in [-0.15, -0.1) is 0 Å². The van der Waals surface area contributed by atoms with Crippen molar-refractivity contribution >= 4 is 17.3 Å². The van der Waals surface area contributed by atoms with E-state index in [2.05, 4.69) is 10.2 Å². The van der Waals surface area contributed by atoms with Crippen LogP contribution in [0.25, 0.3) is 0 Å². The summed E-state index contributed by atoms with van der Waals surface area (Å²) in [7, 11) is 0. The highest BCUT2D eigenvalue weighted by Gasteiger charge is 2.22. The van der Waals surface area contributed by atoms with E-state index in [-0.39, 0.29) is 24.0 Å². The van der Waals surface area contributed by atoms with E-state index in [9.17, 15) is 19.3 Å². The number of piperazine rings is 1. The van der Waals surface area contributed by atoms with Gasteiger partial charge in [0.25, 0.3) is 11.6 Å². The number of carbonyl (C=O) groups excluding carboxylic acids is 1. The van der Waals surface area contributed by atoms with E-state index in [0.29, 0.717) is 12.1 Å². The third-order valence-electron chi connectivity index (χ3n) is 4.74. The fourth-order valence-corrected chi connectivity index (χ4v) is 3.17. The maximum Gasteiger partial charge on any atom is 0.275 e. The molecule has 0 unspecified atom stereocenters.